The fourth-order valence-electron chi connectivity index (χ4n) is 3.85. The van der Waals surface area contributed by atoms with Crippen LogP contribution in [-0.2, 0) is 6.54 Å². The van der Waals surface area contributed by atoms with Crippen LogP contribution in [0.2, 0.25) is 0 Å². The second-order valence-electron chi connectivity index (χ2n) is 7.63. The van der Waals surface area contributed by atoms with Gasteiger partial charge in [-0.25, -0.2) is 4.98 Å². The lowest BCUT2D eigenvalue weighted by molar-refractivity contribution is 0.0950. The molecule has 0 spiro atoms. The number of carbonyl (C=O) groups excluding carboxylic acids is 1. The molecule has 1 fully saturated rings. The summed E-state index contributed by atoms with van der Waals surface area (Å²) >= 11 is 0. The number of aromatic nitrogens is 1. The molecule has 2 N–H and O–H groups in total. The molecule has 4 rings (SSSR count). The number of nitrogens with zero attached hydrogens (tertiary/aromatic N) is 2. The molecule has 0 bridgehead atoms. The Bertz CT molecular complexity index is 1040. The molecule has 3 aromatic rings. The smallest absolute Gasteiger partial charge is 0.253 e. The average molecular weight is 433 g/mol. The zero-order chi connectivity index (χ0) is 22.3. The average Bonchev–Trinajstić information content (AvgIpc) is 2.87. The molecule has 32 heavy (non-hydrogen) atoms. The summed E-state index contributed by atoms with van der Waals surface area (Å²) < 4.78 is 10.6. The molecule has 2 aromatic carbocycles. The van der Waals surface area contributed by atoms with E-state index in [9.17, 15) is 4.79 Å². The zero-order valence-corrected chi connectivity index (χ0v) is 18.4. The Labute approximate surface area is 188 Å². The van der Waals surface area contributed by atoms with E-state index in [0.717, 1.165) is 31.0 Å². The van der Waals surface area contributed by atoms with Gasteiger partial charge in [-0.3, -0.25) is 4.79 Å². The van der Waals surface area contributed by atoms with E-state index >= 15 is 0 Å². The van der Waals surface area contributed by atoms with E-state index in [1.54, 1.807) is 26.5 Å². The van der Waals surface area contributed by atoms with Gasteiger partial charge >= 0.3 is 0 Å². The first-order valence-corrected chi connectivity index (χ1v) is 10.7. The van der Waals surface area contributed by atoms with Crippen LogP contribution in [0.5, 0.6) is 11.5 Å². The van der Waals surface area contributed by atoms with Gasteiger partial charge in [0.1, 0.15) is 17.3 Å². The summed E-state index contributed by atoms with van der Waals surface area (Å²) in [4.78, 5) is 19.4. The number of methoxy groups -OCH3 is 2. The second kappa shape index (κ2) is 10.2. The van der Waals surface area contributed by atoms with Crippen molar-refractivity contribution in [2.75, 3.05) is 38.8 Å². The van der Waals surface area contributed by atoms with Crippen molar-refractivity contribution in [1.29, 1.82) is 0 Å². The summed E-state index contributed by atoms with van der Waals surface area (Å²) in [6, 6.07) is 19.9. The molecule has 1 aliphatic heterocycles. The van der Waals surface area contributed by atoms with Gasteiger partial charge in [-0.2, -0.15) is 0 Å². The maximum Gasteiger partial charge on any atom is 0.253 e. The van der Waals surface area contributed by atoms with Gasteiger partial charge in [0.15, 0.2) is 0 Å². The van der Waals surface area contributed by atoms with E-state index in [1.807, 2.05) is 30.3 Å². The van der Waals surface area contributed by atoms with Crippen LogP contribution < -0.4 is 25.0 Å². The van der Waals surface area contributed by atoms with Crippen LogP contribution in [-0.4, -0.2) is 44.7 Å². The fraction of sp³-hybridized carbons (Fsp3) is 0.280. The number of carbonyl (C=O) groups is 1. The van der Waals surface area contributed by atoms with Crippen LogP contribution in [0, 0.1) is 0 Å². The molecular weight excluding hydrogens is 404 g/mol. The third-order valence-corrected chi connectivity index (χ3v) is 5.65. The number of piperazine rings is 1. The lowest BCUT2D eigenvalue weighted by atomic mass is 10.0. The van der Waals surface area contributed by atoms with Crippen LogP contribution in [0.1, 0.15) is 27.5 Å². The summed E-state index contributed by atoms with van der Waals surface area (Å²) in [5.41, 5.74) is 2.66. The van der Waals surface area contributed by atoms with Crippen LogP contribution in [0.3, 0.4) is 0 Å². The largest absolute Gasteiger partial charge is 0.497 e. The molecule has 7 nitrogen and oxygen atoms in total. The van der Waals surface area contributed by atoms with Crippen LogP contribution in [0.4, 0.5) is 5.82 Å². The van der Waals surface area contributed by atoms with Crippen molar-refractivity contribution in [2.45, 2.75) is 12.6 Å². The number of nitrogens with one attached hydrogen (secondary N) is 2. The highest BCUT2D eigenvalue weighted by molar-refractivity contribution is 5.94. The number of amides is 1. The van der Waals surface area contributed by atoms with Crippen molar-refractivity contribution in [1.82, 2.24) is 15.6 Å². The highest BCUT2D eigenvalue weighted by Gasteiger charge is 2.21. The van der Waals surface area contributed by atoms with Gasteiger partial charge in [0, 0.05) is 50.0 Å². The molecule has 1 aliphatic rings. The Hall–Kier alpha value is -3.58. The maximum absolute atomic E-state index is 12.6. The molecule has 166 valence electrons. The summed E-state index contributed by atoms with van der Waals surface area (Å²) in [7, 11) is 3.20. The SMILES string of the molecule is COc1ccc(CNC(=O)c2ccc(N3CCN[C@@H](c4ccccc4)C3)nc2)c(OC)c1. The first-order valence-electron chi connectivity index (χ1n) is 10.7. The lowest BCUT2D eigenvalue weighted by Gasteiger charge is -2.34. The minimum atomic E-state index is -0.176. The highest BCUT2D eigenvalue weighted by atomic mass is 16.5. The Balaban J connectivity index is 1.37. The van der Waals surface area contributed by atoms with Gasteiger partial charge in [-0.05, 0) is 29.8 Å². The first kappa shape index (κ1) is 21.6. The molecule has 0 saturated carbocycles. The maximum atomic E-state index is 12.6. The second-order valence-corrected chi connectivity index (χ2v) is 7.63. The molecule has 1 saturated heterocycles. The monoisotopic (exact) mass is 432 g/mol. The number of rotatable bonds is 7. The number of pyridine rings is 1. The summed E-state index contributed by atoms with van der Waals surface area (Å²) in [5, 5.41) is 6.49. The van der Waals surface area contributed by atoms with E-state index < -0.39 is 0 Å². The summed E-state index contributed by atoms with van der Waals surface area (Å²) in [5.74, 6) is 2.08. The fourth-order valence-corrected chi connectivity index (χ4v) is 3.85. The van der Waals surface area contributed by atoms with Crippen molar-refractivity contribution < 1.29 is 14.3 Å². The van der Waals surface area contributed by atoms with Crippen molar-refractivity contribution in [3.63, 3.8) is 0 Å². The molecule has 0 unspecified atom stereocenters. The molecule has 0 aliphatic carbocycles. The minimum Gasteiger partial charge on any atom is -0.497 e. The Kier molecular flexibility index (Phi) is 6.87. The van der Waals surface area contributed by atoms with Crippen molar-refractivity contribution in [3.8, 4) is 11.5 Å². The predicted octanol–water partition coefficient (Wildman–Crippen LogP) is 3.18. The molecule has 1 atom stereocenters. The third-order valence-electron chi connectivity index (χ3n) is 5.65. The molecule has 2 heterocycles. The van der Waals surface area contributed by atoms with Gasteiger partial charge in [-0.15, -0.1) is 0 Å². The van der Waals surface area contributed by atoms with E-state index in [1.165, 1.54) is 5.56 Å². The van der Waals surface area contributed by atoms with Gasteiger partial charge in [0.25, 0.3) is 5.91 Å². The van der Waals surface area contributed by atoms with Crippen LogP contribution in [0.25, 0.3) is 0 Å². The van der Waals surface area contributed by atoms with E-state index in [-0.39, 0.29) is 11.9 Å². The number of benzene rings is 2. The van der Waals surface area contributed by atoms with E-state index in [4.69, 9.17) is 9.47 Å². The number of hydrogen-bond donors (Lipinski definition) is 2. The van der Waals surface area contributed by atoms with Gasteiger partial charge in [0.2, 0.25) is 0 Å². The number of ether oxygens (including phenoxy) is 2. The first-order chi connectivity index (χ1) is 15.7. The van der Waals surface area contributed by atoms with Crippen LogP contribution >= 0.6 is 0 Å². The Morgan fingerprint density at radius 1 is 1.12 bits per heavy atom. The minimum absolute atomic E-state index is 0.176. The predicted molar refractivity (Wildman–Crippen MR) is 124 cm³/mol. The molecule has 1 amide bonds. The number of anilines is 1. The molecule has 7 heteroatoms. The van der Waals surface area contributed by atoms with E-state index in [2.05, 4.69) is 44.8 Å². The third kappa shape index (κ3) is 5.00. The van der Waals surface area contributed by atoms with Gasteiger partial charge < -0.3 is 25.0 Å². The Morgan fingerprint density at radius 3 is 2.69 bits per heavy atom. The topological polar surface area (TPSA) is 75.7 Å². The molecule has 0 radical (unpaired) electrons. The highest BCUT2D eigenvalue weighted by Crippen LogP contribution is 2.25. The van der Waals surface area contributed by atoms with Crippen molar-refractivity contribution >= 4 is 11.7 Å². The van der Waals surface area contributed by atoms with Crippen LogP contribution in [0.15, 0.2) is 66.9 Å². The lowest BCUT2D eigenvalue weighted by Crippen LogP contribution is -2.46. The van der Waals surface area contributed by atoms with E-state index in [0.29, 0.717) is 23.6 Å². The summed E-state index contributed by atoms with van der Waals surface area (Å²) in [6.45, 7) is 2.94. The number of hydrogen-bond acceptors (Lipinski definition) is 6. The van der Waals surface area contributed by atoms with Crippen molar-refractivity contribution in [2.24, 2.45) is 0 Å². The van der Waals surface area contributed by atoms with Crippen molar-refractivity contribution in [3.05, 3.63) is 83.6 Å². The van der Waals surface area contributed by atoms with Gasteiger partial charge in [0.05, 0.1) is 19.8 Å². The quantitative estimate of drug-likeness (QED) is 0.597. The molecular formula is C25H28N4O3. The normalized spacial score (nSPS) is 15.8. The molecule has 1 aromatic heterocycles. The summed E-state index contributed by atoms with van der Waals surface area (Å²) in [6.07, 6.45) is 1.63. The van der Waals surface area contributed by atoms with Gasteiger partial charge in [-0.1, -0.05) is 30.3 Å². The standard InChI is InChI=1S/C25H28N4O3/c1-31-21-10-8-19(23(14-21)32-2)15-28-25(30)20-9-11-24(27-16-20)29-13-12-26-22(17-29)18-6-4-3-5-7-18/h3-11,14,16,22,26H,12-13,15,17H2,1-2H3,(H,28,30)/t22-/m1/s1. The zero-order valence-electron chi connectivity index (χ0n) is 18.4. The Morgan fingerprint density at radius 2 is 1.97 bits per heavy atom.